The van der Waals surface area contributed by atoms with E-state index in [-0.39, 0.29) is 11.7 Å². The summed E-state index contributed by atoms with van der Waals surface area (Å²) >= 11 is 6.04. The van der Waals surface area contributed by atoms with Crippen LogP contribution < -0.4 is 5.32 Å². The number of rotatable bonds is 5. The van der Waals surface area contributed by atoms with E-state index in [1.54, 1.807) is 12.1 Å². The molecule has 0 aliphatic carbocycles. The Kier molecular flexibility index (Phi) is 5.52. The molecule has 7 heteroatoms. The molecule has 0 unspecified atom stereocenters. The average Bonchev–Trinajstić information content (AvgIpc) is 3.08. The molecule has 0 bridgehead atoms. The summed E-state index contributed by atoms with van der Waals surface area (Å²) in [6.07, 6.45) is 0. The van der Waals surface area contributed by atoms with Crippen molar-refractivity contribution in [2.45, 2.75) is 25.4 Å². The van der Waals surface area contributed by atoms with Crippen LogP contribution in [0.1, 0.15) is 25.0 Å². The fraction of sp³-hybridized carbons (Fsp3) is 0.167. The van der Waals surface area contributed by atoms with Crippen molar-refractivity contribution in [3.63, 3.8) is 0 Å². The normalized spacial score (nSPS) is 15.1. The first-order valence-corrected chi connectivity index (χ1v) is 10.4. The van der Waals surface area contributed by atoms with Gasteiger partial charge in [0, 0.05) is 23.9 Å². The number of hydrogen-bond acceptors (Lipinski definition) is 5. The predicted molar refractivity (Wildman–Crippen MR) is 127 cm³/mol. The van der Waals surface area contributed by atoms with Gasteiger partial charge in [-0.2, -0.15) is 0 Å². The number of nitrogens with one attached hydrogen (secondary N) is 1. The minimum atomic E-state index is -0.842. The van der Waals surface area contributed by atoms with Crippen LogP contribution in [0.5, 0.6) is 0 Å². The van der Waals surface area contributed by atoms with E-state index in [0.717, 1.165) is 11.1 Å². The van der Waals surface area contributed by atoms with Gasteiger partial charge >= 0.3 is 0 Å². The fourth-order valence-corrected chi connectivity index (χ4v) is 4.37. The number of guanidine groups is 1. The Hall–Kier alpha value is -3.58. The van der Waals surface area contributed by atoms with Gasteiger partial charge < -0.3 is 10.2 Å². The van der Waals surface area contributed by atoms with Crippen LogP contribution >= 0.6 is 12.2 Å². The van der Waals surface area contributed by atoms with Gasteiger partial charge in [0.15, 0.2) is 5.54 Å². The summed E-state index contributed by atoms with van der Waals surface area (Å²) in [5.74, 6) is 0.613. The second-order valence-electron chi connectivity index (χ2n) is 7.58. The zero-order chi connectivity index (χ0) is 22.0. The van der Waals surface area contributed by atoms with Gasteiger partial charge in [-0.1, -0.05) is 72.9 Å². The third kappa shape index (κ3) is 3.68. The SMILES string of the molecule is CC(C)N1C(=S)C(c2ccccc2)(c2ccccc2)N=C1Nc1ccc([N+](=O)[O-])cc1. The number of hydrogen-bond donors (Lipinski definition) is 1. The molecule has 0 fully saturated rings. The quantitative estimate of drug-likeness (QED) is 0.335. The number of nitro groups is 1. The molecule has 1 heterocycles. The van der Waals surface area contributed by atoms with Crippen LogP contribution in [0.15, 0.2) is 89.9 Å². The van der Waals surface area contributed by atoms with Crippen molar-refractivity contribution in [3.05, 3.63) is 106 Å². The smallest absolute Gasteiger partial charge is 0.269 e. The first kappa shape index (κ1) is 20.7. The van der Waals surface area contributed by atoms with E-state index < -0.39 is 10.5 Å². The summed E-state index contributed by atoms with van der Waals surface area (Å²) in [7, 11) is 0. The highest BCUT2D eigenvalue weighted by Crippen LogP contribution is 2.41. The third-order valence-corrected chi connectivity index (χ3v) is 5.76. The number of benzene rings is 3. The van der Waals surface area contributed by atoms with Gasteiger partial charge in [0.2, 0.25) is 5.96 Å². The molecule has 1 N–H and O–H groups in total. The average molecular weight is 431 g/mol. The summed E-state index contributed by atoms with van der Waals surface area (Å²) < 4.78 is 0. The summed E-state index contributed by atoms with van der Waals surface area (Å²) in [5.41, 5.74) is 1.87. The second-order valence-corrected chi connectivity index (χ2v) is 7.96. The third-order valence-electron chi connectivity index (χ3n) is 5.26. The second kappa shape index (κ2) is 8.28. The molecule has 156 valence electrons. The van der Waals surface area contributed by atoms with Crippen molar-refractivity contribution in [2.24, 2.45) is 4.99 Å². The van der Waals surface area contributed by atoms with E-state index in [4.69, 9.17) is 17.2 Å². The lowest BCUT2D eigenvalue weighted by Crippen LogP contribution is -2.45. The van der Waals surface area contributed by atoms with Gasteiger partial charge in [0.25, 0.3) is 5.69 Å². The van der Waals surface area contributed by atoms with E-state index in [2.05, 4.69) is 19.2 Å². The molecule has 0 radical (unpaired) electrons. The van der Waals surface area contributed by atoms with Crippen molar-refractivity contribution in [1.82, 2.24) is 4.90 Å². The largest absolute Gasteiger partial charge is 0.326 e. The van der Waals surface area contributed by atoms with Crippen LogP contribution in [-0.2, 0) is 5.54 Å². The van der Waals surface area contributed by atoms with Crippen LogP contribution in [0, 0.1) is 10.1 Å². The van der Waals surface area contributed by atoms with Crippen LogP contribution in [0.3, 0.4) is 0 Å². The molecule has 0 spiro atoms. The van der Waals surface area contributed by atoms with Gasteiger partial charge in [-0.25, -0.2) is 4.99 Å². The van der Waals surface area contributed by atoms with Crippen molar-refractivity contribution in [2.75, 3.05) is 5.32 Å². The molecule has 1 aliphatic rings. The van der Waals surface area contributed by atoms with Crippen LogP contribution in [0.25, 0.3) is 0 Å². The van der Waals surface area contributed by atoms with Crippen LogP contribution in [-0.4, -0.2) is 26.8 Å². The number of anilines is 1. The molecular weight excluding hydrogens is 408 g/mol. The molecule has 6 nitrogen and oxygen atoms in total. The maximum atomic E-state index is 11.0. The van der Waals surface area contributed by atoms with Crippen LogP contribution in [0.4, 0.5) is 11.4 Å². The van der Waals surface area contributed by atoms with E-state index in [0.29, 0.717) is 16.6 Å². The highest BCUT2D eigenvalue weighted by molar-refractivity contribution is 7.80. The van der Waals surface area contributed by atoms with E-state index in [9.17, 15) is 10.1 Å². The number of non-ortho nitro benzene ring substituents is 1. The molecule has 31 heavy (non-hydrogen) atoms. The number of aliphatic imine (C=N–C) groups is 1. The maximum absolute atomic E-state index is 11.0. The Labute approximate surface area is 186 Å². The van der Waals surface area contributed by atoms with E-state index in [1.165, 1.54) is 12.1 Å². The minimum absolute atomic E-state index is 0.0399. The highest BCUT2D eigenvalue weighted by atomic mass is 32.1. The zero-order valence-electron chi connectivity index (χ0n) is 17.2. The first-order valence-electron chi connectivity index (χ1n) is 9.99. The Morgan fingerprint density at radius 2 is 1.45 bits per heavy atom. The summed E-state index contributed by atoms with van der Waals surface area (Å²) in [6, 6.07) is 26.4. The van der Waals surface area contributed by atoms with Gasteiger partial charge in [-0.15, -0.1) is 0 Å². The number of nitro benzene ring substituents is 1. The molecule has 0 saturated heterocycles. The molecule has 0 atom stereocenters. The number of nitrogens with zero attached hydrogens (tertiary/aromatic N) is 3. The van der Waals surface area contributed by atoms with E-state index >= 15 is 0 Å². The Morgan fingerprint density at radius 1 is 0.935 bits per heavy atom. The first-order chi connectivity index (χ1) is 14.9. The molecule has 1 aliphatic heterocycles. The molecule has 0 amide bonds. The summed E-state index contributed by atoms with van der Waals surface area (Å²) in [4.78, 5) is 18.4. The predicted octanol–water partition coefficient (Wildman–Crippen LogP) is 5.36. The van der Waals surface area contributed by atoms with Gasteiger partial charge in [0.05, 0.1) is 4.92 Å². The molecule has 0 aromatic heterocycles. The lowest BCUT2D eigenvalue weighted by Gasteiger charge is -2.32. The molecule has 3 aromatic carbocycles. The van der Waals surface area contributed by atoms with Crippen molar-refractivity contribution in [1.29, 1.82) is 0 Å². The number of thiocarbonyl (C=S) groups is 1. The molecule has 3 aromatic rings. The van der Waals surface area contributed by atoms with Gasteiger partial charge in [-0.05, 0) is 37.1 Å². The fourth-order valence-electron chi connectivity index (χ4n) is 3.80. The standard InChI is InChI=1S/C24H22N4O2S/c1-17(2)27-22(31)24(18-9-5-3-6-10-18,19-11-7-4-8-12-19)26-23(27)25-20-13-15-21(16-14-20)28(29)30/h3-17H,1-2H3,(H,25,26). The van der Waals surface area contributed by atoms with Crippen LogP contribution in [0.2, 0.25) is 0 Å². The van der Waals surface area contributed by atoms with Gasteiger partial charge in [0.1, 0.15) is 4.99 Å². The lowest BCUT2D eigenvalue weighted by atomic mass is 9.83. The van der Waals surface area contributed by atoms with Crippen molar-refractivity contribution < 1.29 is 4.92 Å². The van der Waals surface area contributed by atoms with E-state index in [1.807, 2.05) is 65.6 Å². The zero-order valence-corrected chi connectivity index (χ0v) is 18.0. The maximum Gasteiger partial charge on any atom is 0.269 e. The lowest BCUT2D eigenvalue weighted by molar-refractivity contribution is -0.384. The highest BCUT2D eigenvalue weighted by Gasteiger charge is 2.48. The Balaban J connectivity index is 1.84. The topological polar surface area (TPSA) is 70.8 Å². The molecular formula is C24H22N4O2S. The Morgan fingerprint density at radius 3 is 1.90 bits per heavy atom. The molecule has 0 saturated carbocycles. The minimum Gasteiger partial charge on any atom is -0.326 e. The monoisotopic (exact) mass is 430 g/mol. The summed E-state index contributed by atoms with van der Waals surface area (Å²) in [6.45, 7) is 4.12. The van der Waals surface area contributed by atoms with Crippen molar-refractivity contribution >= 4 is 34.5 Å². The van der Waals surface area contributed by atoms with Crippen molar-refractivity contribution in [3.8, 4) is 0 Å². The molecule has 4 rings (SSSR count). The van der Waals surface area contributed by atoms with Gasteiger partial charge in [-0.3, -0.25) is 10.1 Å². The Bertz CT molecular complexity index is 1090. The summed E-state index contributed by atoms with van der Waals surface area (Å²) in [5, 5.41) is 14.3.